The average Bonchev–Trinajstić information content (AvgIpc) is 3.11. The van der Waals surface area contributed by atoms with Crippen LogP contribution < -0.4 is 5.32 Å². The SMILES string of the molecule is C[C@H]1CCc2[nH]nc(C(=O)Nc3cnc4n3CCCC4)c2C1. The van der Waals surface area contributed by atoms with Crippen LogP contribution in [0.5, 0.6) is 0 Å². The summed E-state index contributed by atoms with van der Waals surface area (Å²) in [5, 5.41) is 10.3. The molecule has 2 aromatic rings. The maximum Gasteiger partial charge on any atom is 0.277 e. The summed E-state index contributed by atoms with van der Waals surface area (Å²) in [6.07, 6.45) is 8.15. The molecule has 0 spiro atoms. The normalized spacial score (nSPS) is 20.3. The van der Waals surface area contributed by atoms with E-state index in [0.29, 0.717) is 11.6 Å². The van der Waals surface area contributed by atoms with Crippen molar-refractivity contribution in [1.82, 2.24) is 19.7 Å². The Kier molecular flexibility index (Phi) is 3.24. The molecule has 0 fully saturated rings. The minimum Gasteiger partial charge on any atom is -0.315 e. The number of carbonyl (C=O) groups is 1. The molecule has 4 rings (SSSR count). The molecule has 0 aromatic carbocycles. The van der Waals surface area contributed by atoms with Gasteiger partial charge in [0.25, 0.3) is 5.91 Å². The predicted molar refractivity (Wildman–Crippen MR) is 82.9 cm³/mol. The largest absolute Gasteiger partial charge is 0.315 e. The Morgan fingerprint density at radius 1 is 1.41 bits per heavy atom. The van der Waals surface area contributed by atoms with Crippen LogP contribution >= 0.6 is 0 Å². The second-order valence-electron chi connectivity index (χ2n) is 6.50. The maximum absolute atomic E-state index is 12.6. The van der Waals surface area contributed by atoms with E-state index >= 15 is 0 Å². The minimum atomic E-state index is -0.125. The quantitative estimate of drug-likeness (QED) is 0.893. The van der Waals surface area contributed by atoms with Crippen LogP contribution in [-0.4, -0.2) is 25.7 Å². The third kappa shape index (κ3) is 2.23. The molecule has 2 aliphatic rings. The Hall–Kier alpha value is -2.11. The lowest BCUT2D eigenvalue weighted by Gasteiger charge is -2.18. The van der Waals surface area contributed by atoms with Crippen LogP contribution in [0.3, 0.4) is 0 Å². The molecule has 1 atom stereocenters. The molecule has 0 saturated carbocycles. The van der Waals surface area contributed by atoms with Gasteiger partial charge in [0, 0.05) is 24.2 Å². The fourth-order valence-corrected chi connectivity index (χ4v) is 3.55. The Labute approximate surface area is 129 Å². The molecule has 2 N–H and O–H groups in total. The number of fused-ring (bicyclic) bond motifs is 2. The minimum absolute atomic E-state index is 0.125. The molecule has 0 saturated heterocycles. The summed E-state index contributed by atoms with van der Waals surface area (Å²) < 4.78 is 2.11. The number of aryl methyl sites for hydroxylation is 2. The predicted octanol–water partition coefficient (Wildman–Crippen LogP) is 2.32. The van der Waals surface area contributed by atoms with Crippen molar-refractivity contribution >= 4 is 11.7 Å². The standard InChI is InChI=1S/C16H21N5O/c1-10-5-6-12-11(8-10)15(20-19-12)16(22)18-14-9-17-13-4-2-3-7-21(13)14/h9-10H,2-8H2,1H3,(H,18,22)(H,19,20)/t10-/m0/s1. The number of nitrogens with zero attached hydrogens (tertiary/aromatic N) is 3. The van der Waals surface area contributed by atoms with Crippen molar-refractivity contribution in [3.8, 4) is 0 Å². The molecule has 1 amide bonds. The summed E-state index contributed by atoms with van der Waals surface area (Å²) in [5.74, 6) is 2.35. The topological polar surface area (TPSA) is 75.6 Å². The van der Waals surface area contributed by atoms with Crippen LogP contribution in [-0.2, 0) is 25.8 Å². The molecular weight excluding hydrogens is 278 g/mol. The summed E-state index contributed by atoms with van der Waals surface area (Å²) in [7, 11) is 0. The first-order valence-electron chi connectivity index (χ1n) is 8.14. The van der Waals surface area contributed by atoms with E-state index in [2.05, 4.69) is 32.0 Å². The number of amides is 1. The van der Waals surface area contributed by atoms with Gasteiger partial charge in [-0.2, -0.15) is 5.10 Å². The monoisotopic (exact) mass is 299 g/mol. The zero-order valence-corrected chi connectivity index (χ0v) is 12.9. The number of aromatic amines is 1. The highest BCUT2D eigenvalue weighted by atomic mass is 16.2. The molecule has 6 nitrogen and oxygen atoms in total. The van der Waals surface area contributed by atoms with E-state index in [1.165, 1.54) is 6.42 Å². The first kappa shape index (κ1) is 13.5. The number of H-pyrrole nitrogens is 1. The van der Waals surface area contributed by atoms with Crippen molar-refractivity contribution in [1.29, 1.82) is 0 Å². The summed E-state index contributed by atoms with van der Waals surface area (Å²) in [4.78, 5) is 17.0. The van der Waals surface area contributed by atoms with Crippen LogP contribution in [0.2, 0.25) is 0 Å². The number of aromatic nitrogens is 4. The van der Waals surface area contributed by atoms with Crippen LogP contribution in [0.4, 0.5) is 5.82 Å². The lowest BCUT2D eigenvalue weighted by atomic mass is 9.88. The van der Waals surface area contributed by atoms with Crippen molar-refractivity contribution in [2.75, 3.05) is 5.32 Å². The van der Waals surface area contributed by atoms with Gasteiger partial charge in [0.1, 0.15) is 11.6 Å². The van der Waals surface area contributed by atoms with Crippen molar-refractivity contribution in [3.63, 3.8) is 0 Å². The van der Waals surface area contributed by atoms with Gasteiger partial charge < -0.3 is 9.88 Å². The molecule has 0 bridgehead atoms. The van der Waals surface area contributed by atoms with E-state index in [1.54, 1.807) is 6.20 Å². The summed E-state index contributed by atoms with van der Waals surface area (Å²) in [5.41, 5.74) is 2.76. The zero-order valence-electron chi connectivity index (χ0n) is 12.9. The number of hydrogen-bond donors (Lipinski definition) is 2. The fraction of sp³-hybridized carbons (Fsp3) is 0.562. The number of rotatable bonds is 2. The molecule has 2 aromatic heterocycles. The summed E-state index contributed by atoms with van der Waals surface area (Å²) in [6, 6.07) is 0. The highest BCUT2D eigenvalue weighted by Gasteiger charge is 2.25. The Balaban J connectivity index is 1.58. The maximum atomic E-state index is 12.6. The van der Waals surface area contributed by atoms with Gasteiger partial charge in [-0.1, -0.05) is 6.92 Å². The van der Waals surface area contributed by atoms with Gasteiger partial charge in [0.05, 0.1) is 6.20 Å². The van der Waals surface area contributed by atoms with Crippen molar-refractivity contribution < 1.29 is 4.79 Å². The van der Waals surface area contributed by atoms with E-state index in [-0.39, 0.29) is 5.91 Å². The van der Waals surface area contributed by atoms with Gasteiger partial charge >= 0.3 is 0 Å². The van der Waals surface area contributed by atoms with Gasteiger partial charge in [-0.05, 0) is 38.0 Å². The lowest BCUT2D eigenvalue weighted by Crippen LogP contribution is -2.20. The first-order chi connectivity index (χ1) is 10.7. The van der Waals surface area contributed by atoms with Crippen molar-refractivity contribution in [3.05, 3.63) is 29.0 Å². The molecule has 22 heavy (non-hydrogen) atoms. The van der Waals surface area contributed by atoms with Crippen LogP contribution in [0.1, 0.15) is 53.8 Å². The second kappa shape index (κ2) is 5.26. The van der Waals surface area contributed by atoms with Gasteiger partial charge in [-0.3, -0.25) is 9.89 Å². The molecule has 3 heterocycles. The Bertz CT molecular complexity index is 714. The number of hydrogen-bond acceptors (Lipinski definition) is 3. The molecule has 116 valence electrons. The highest BCUT2D eigenvalue weighted by molar-refractivity contribution is 6.03. The first-order valence-corrected chi connectivity index (χ1v) is 8.14. The second-order valence-corrected chi connectivity index (χ2v) is 6.50. The smallest absolute Gasteiger partial charge is 0.277 e. The third-order valence-corrected chi connectivity index (χ3v) is 4.82. The number of imidazole rings is 1. The lowest BCUT2D eigenvalue weighted by molar-refractivity contribution is 0.102. The Morgan fingerprint density at radius 2 is 2.32 bits per heavy atom. The van der Waals surface area contributed by atoms with Gasteiger partial charge in [-0.15, -0.1) is 0 Å². The molecule has 0 radical (unpaired) electrons. The van der Waals surface area contributed by atoms with Crippen LogP contribution in [0, 0.1) is 5.92 Å². The van der Waals surface area contributed by atoms with Gasteiger partial charge in [0.2, 0.25) is 0 Å². The van der Waals surface area contributed by atoms with Gasteiger partial charge in [0.15, 0.2) is 5.69 Å². The molecule has 0 unspecified atom stereocenters. The van der Waals surface area contributed by atoms with E-state index in [4.69, 9.17) is 0 Å². The van der Waals surface area contributed by atoms with E-state index < -0.39 is 0 Å². The summed E-state index contributed by atoms with van der Waals surface area (Å²) in [6.45, 7) is 3.16. The van der Waals surface area contributed by atoms with Crippen molar-refractivity contribution in [2.45, 2.75) is 52.0 Å². The fourth-order valence-electron chi connectivity index (χ4n) is 3.55. The Morgan fingerprint density at radius 3 is 3.23 bits per heavy atom. The number of anilines is 1. The van der Waals surface area contributed by atoms with Gasteiger partial charge in [-0.25, -0.2) is 4.98 Å². The van der Waals surface area contributed by atoms with Crippen molar-refractivity contribution in [2.24, 2.45) is 5.92 Å². The highest BCUT2D eigenvalue weighted by Crippen LogP contribution is 2.27. The average molecular weight is 299 g/mol. The third-order valence-electron chi connectivity index (χ3n) is 4.82. The molecule has 6 heteroatoms. The zero-order chi connectivity index (χ0) is 15.1. The number of carbonyl (C=O) groups excluding carboxylic acids is 1. The van der Waals surface area contributed by atoms with E-state index in [9.17, 15) is 4.79 Å². The molecule has 1 aliphatic carbocycles. The van der Waals surface area contributed by atoms with Crippen LogP contribution in [0.15, 0.2) is 6.20 Å². The molecule has 1 aliphatic heterocycles. The number of nitrogens with one attached hydrogen (secondary N) is 2. The summed E-state index contributed by atoms with van der Waals surface area (Å²) >= 11 is 0. The van der Waals surface area contributed by atoms with Crippen LogP contribution in [0.25, 0.3) is 0 Å². The molecular formula is C16H21N5O. The van der Waals surface area contributed by atoms with E-state index in [0.717, 1.165) is 61.5 Å². The van der Waals surface area contributed by atoms with E-state index in [1.807, 2.05) is 0 Å².